The van der Waals surface area contributed by atoms with E-state index in [0.717, 1.165) is 21.9 Å². The molecular weight excluding hydrogens is 224 g/mol. The maximum Gasteiger partial charge on any atom is 0.113 e. The lowest BCUT2D eigenvalue weighted by atomic mass is 10.0. The van der Waals surface area contributed by atoms with Gasteiger partial charge in [0.25, 0.3) is 0 Å². The zero-order valence-electron chi connectivity index (χ0n) is 9.14. The van der Waals surface area contributed by atoms with E-state index in [9.17, 15) is 13.7 Å². The third kappa shape index (κ3) is 1.81. The van der Waals surface area contributed by atoms with E-state index in [1.807, 2.05) is 32.0 Å². The molecule has 0 spiro atoms. The molecule has 0 aliphatic carbocycles. The van der Waals surface area contributed by atoms with Crippen LogP contribution in [0.25, 0.3) is 10.8 Å². The summed E-state index contributed by atoms with van der Waals surface area (Å²) < 4.78 is 28.2. The van der Waals surface area contributed by atoms with Crippen molar-refractivity contribution in [2.24, 2.45) is 0 Å². The Morgan fingerprint density at radius 3 is 2.12 bits per heavy atom. The van der Waals surface area contributed by atoms with Crippen LogP contribution in [0.5, 0.6) is 0 Å². The smallest absolute Gasteiger partial charge is 0.113 e. The minimum absolute atomic E-state index is 0.200. The molecule has 2 aromatic carbocycles. The Labute approximate surface area is 95.9 Å². The summed E-state index contributed by atoms with van der Waals surface area (Å²) in [6, 6.07) is 9.06. The number of aryl methyl sites for hydroxylation is 2. The van der Waals surface area contributed by atoms with Gasteiger partial charge in [0.2, 0.25) is 0 Å². The second kappa shape index (κ2) is 3.75. The van der Waals surface area contributed by atoms with Crippen LogP contribution in [0, 0.1) is 13.8 Å². The third-order valence-corrected chi connectivity index (χ3v) is 3.65. The van der Waals surface area contributed by atoms with E-state index in [1.54, 1.807) is 12.1 Å². The first-order valence-corrected chi connectivity index (χ1v) is 6.41. The summed E-state index contributed by atoms with van der Waals surface area (Å²) in [4.78, 5) is 0.200. The molecule has 0 fully saturated rings. The van der Waals surface area contributed by atoms with Gasteiger partial charge in [-0.05, 0) is 36.4 Å². The minimum atomic E-state index is -3.67. The van der Waals surface area contributed by atoms with Crippen LogP contribution in [0.4, 0.5) is 0 Å². The summed E-state index contributed by atoms with van der Waals surface area (Å²) in [5, 5.41) is 1.66. The van der Waals surface area contributed by atoms with Crippen molar-refractivity contribution in [2.75, 3.05) is 0 Å². The molecule has 2 rings (SSSR count). The molecule has 0 unspecified atom stereocenters. The maximum atomic E-state index is 9.40. The molecule has 4 heteroatoms. The molecule has 0 saturated carbocycles. The van der Waals surface area contributed by atoms with Crippen LogP contribution >= 0.6 is 10.9 Å². The summed E-state index contributed by atoms with van der Waals surface area (Å²) in [5.41, 5.74) is 1.97. The molecule has 0 radical (unpaired) electrons. The van der Waals surface area contributed by atoms with Crippen LogP contribution in [0.15, 0.2) is 35.2 Å². The Kier molecular flexibility index (Phi) is 2.67. The normalized spacial score (nSPS) is 13.1. The zero-order chi connectivity index (χ0) is 11.9. The highest BCUT2D eigenvalue weighted by Gasteiger charge is 2.19. The molecule has 0 aliphatic rings. The summed E-state index contributed by atoms with van der Waals surface area (Å²) in [5.74, 6) is 0. The standard InChI is InChI=1S/C12H14O3S/c1-8-6-7-9(2)12-10(8)4-3-5-11(12)16(13,14)15/h3-7,13-15H,1-2H3. The van der Waals surface area contributed by atoms with Crippen LogP contribution in [-0.2, 0) is 0 Å². The van der Waals surface area contributed by atoms with Gasteiger partial charge in [0, 0.05) is 5.39 Å². The number of hydrogen-bond acceptors (Lipinski definition) is 3. The maximum absolute atomic E-state index is 9.40. The third-order valence-electron chi connectivity index (χ3n) is 2.72. The fourth-order valence-corrected chi connectivity index (χ4v) is 2.72. The Morgan fingerprint density at radius 1 is 0.875 bits per heavy atom. The topological polar surface area (TPSA) is 60.7 Å². The van der Waals surface area contributed by atoms with E-state index in [2.05, 4.69) is 0 Å². The molecule has 86 valence electrons. The highest BCUT2D eigenvalue weighted by molar-refractivity contribution is 8.19. The van der Waals surface area contributed by atoms with E-state index in [4.69, 9.17) is 0 Å². The fourth-order valence-electron chi connectivity index (χ4n) is 1.92. The summed E-state index contributed by atoms with van der Waals surface area (Å²) in [6.45, 7) is 3.84. The first-order valence-electron chi connectivity index (χ1n) is 4.91. The van der Waals surface area contributed by atoms with Gasteiger partial charge in [-0.15, -0.1) is 0 Å². The Balaban J connectivity index is 2.92. The molecule has 0 saturated heterocycles. The van der Waals surface area contributed by atoms with E-state index in [0.29, 0.717) is 0 Å². The average Bonchev–Trinajstić information content (AvgIpc) is 2.22. The lowest BCUT2D eigenvalue weighted by Gasteiger charge is -2.22. The number of fused-ring (bicyclic) bond motifs is 1. The predicted molar refractivity (Wildman–Crippen MR) is 67.2 cm³/mol. The van der Waals surface area contributed by atoms with Crippen LogP contribution in [0.1, 0.15) is 11.1 Å². The van der Waals surface area contributed by atoms with Gasteiger partial charge in [0.15, 0.2) is 0 Å². The van der Waals surface area contributed by atoms with E-state index in [-0.39, 0.29) is 4.90 Å². The van der Waals surface area contributed by atoms with Gasteiger partial charge in [-0.1, -0.05) is 24.3 Å². The van der Waals surface area contributed by atoms with Gasteiger partial charge in [0.1, 0.15) is 10.9 Å². The first-order chi connectivity index (χ1) is 7.41. The Morgan fingerprint density at radius 2 is 1.50 bits per heavy atom. The van der Waals surface area contributed by atoms with Gasteiger partial charge < -0.3 is 13.7 Å². The van der Waals surface area contributed by atoms with Gasteiger partial charge in [-0.3, -0.25) is 0 Å². The quantitative estimate of drug-likeness (QED) is 0.702. The molecule has 0 heterocycles. The molecule has 0 bridgehead atoms. The molecule has 0 atom stereocenters. The summed E-state index contributed by atoms with van der Waals surface area (Å²) in [7, 11) is -3.67. The Hall–Kier alpha value is -1.07. The molecule has 3 nitrogen and oxygen atoms in total. The lowest BCUT2D eigenvalue weighted by Crippen LogP contribution is -1.98. The van der Waals surface area contributed by atoms with Crippen molar-refractivity contribution in [3.05, 3.63) is 41.5 Å². The molecular formula is C12H14O3S. The van der Waals surface area contributed by atoms with Crippen molar-refractivity contribution in [2.45, 2.75) is 18.7 Å². The summed E-state index contributed by atoms with van der Waals surface area (Å²) in [6.07, 6.45) is 0. The largest absolute Gasteiger partial charge is 0.304 e. The number of rotatable bonds is 1. The van der Waals surface area contributed by atoms with Crippen molar-refractivity contribution in [3.8, 4) is 0 Å². The average molecular weight is 238 g/mol. The van der Waals surface area contributed by atoms with E-state index >= 15 is 0 Å². The van der Waals surface area contributed by atoms with Crippen molar-refractivity contribution in [1.29, 1.82) is 0 Å². The molecule has 0 amide bonds. The van der Waals surface area contributed by atoms with Crippen molar-refractivity contribution in [3.63, 3.8) is 0 Å². The van der Waals surface area contributed by atoms with Crippen LogP contribution in [0.2, 0.25) is 0 Å². The van der Waals surface area contributed by atoms with Crippen molar-refractivity contribution < 1.29 is 13.7 Å². The van der Waals surface area contributed by atoms with Gasteiger partial charge in [-0.25, -0.2) is 0 Å². The number of hydrogen-bond donors (Lipinski definition) is 3. The molecule has 3 N–H and O–H groups in total. The van der Waals surface area contributed by atoms with Crippen molar-refractivity contribution >= 4 is 21.6 Å². The van der Waals surface area contributed by atoms with Gasteiger partial charge >= 0.3 is 0 Å². The molecule has 0 aromatic heterocycles. The predicted octanol–water partition coefficient (Wildman–Crippen LogP) is 4.04. The monoisotopic (exact) mass is 238 g/mol. The van der Waals surface area contributed by atoms with Crippen LogP contribution in [-0.4, -0.2) is 13.7 Å². The van der Waals surface area contributed by atoms with E-state index < -0.39 is 10.9 Å². The Bertz CT molecular complexity index is 544. The molecule has 2 aromatic rings. The number of benzene rings is 2. The summed E-state index contributed by atoms with van der Waals surface area (Å²) >= 11 is 0. The van der Waals surface area contributed by atoms with Crippen molar-refractivity contribution in [1.82, 2.24) is 0 Å². The van der Waals surface area contributed by atoms with Gasteiger partial charge in [0.05, 0.1) is 4.90 Å². The second-order valence-corrected chi connectivity index (χ2v) is 5.37. The minimum Gasteiger partial charge on any atom is -0.304 e. The molecule has 16 heavy (non-hydrogen) atoms. The van der Waals surface area contributed by atoms with Crippen LogP contribution in [0.3, 0.4) is 0 Å². The first kappa shape index (κ1) is 11.4. The van der Waals surface area contributed by atoms with Crippen LogP contribution < -0.4 is 0 Å². The second-order valence-electron chi connectivity index (χ2n) is 3.90. The SMILES string of the molecule is Cc1ccc(C)c2c(S(O)(O)O)cccc12. The molecule has 0 aliphatic heterocycles. The fraction of sp³-hybridized carbons (Fsp3) is 0.167. The highest BCUT2D eigenvalue weighted by atomic mass is 32.3. The van der Waals surface area contributed by atoms with E-state index in [1.165, 1.54) is 0 Å². The lowest BCUT2D eigenvalue weighted by molar-refractivity contribution is 0.377. The zero-order valence-corrected chi connectivity index (χ0v) is 9.95. The van der Waals surface area contributed by atoms with Gasteiger partial charge in [-0.2, -0.15) is 0 Å². The highest BCUT2D eigenvalue weighted by Crippen LogP contribution is 2.48.